The van der Waals surface area contributed by atoms with Crippen LogP contribution in [-0.2, 0) is 11.3 Å². The fraction of sp³-hybridized carbons (Fsp3) is 0.143. The first-order valence-corrected chi connectivity index (χ1v) is 8.75. The number of amides is 1. The third-order valence-corrected chi connectivity index (χ3v) is 4.49. The molecule has 0 bridgehead atoms. The van der Waals surface area contributed by atoms with Gasteiger partial charge in [-0.2, -0.15) is 0 Å². The quantitative estimate of drug-likeness (QED) is 0.682. The maximum absolute atomic E-state index is 13.1. The zero-order chi connectivity index (χ0) is 19.5. The fourth-order valence-corrected chi connectivity index (χ4v) is 3.18. The highest BCUT2D eigenvalue weighted by atomic mass is 16.5. The highest BCUT2D eigenvalue weighted by molar-refractivity contribution is 6.01. The van der Waals surface area contributed by atoms with Crippen LogP contribution in [-0.4, -0.2) is 28.5 Å². The van der Waals surface area contributed by atoms with E-state index < -0.39 is 18.7 Å². The van der Waals surface area contributed by atoms with E-state index in [1.54, 1.807) is 35.4 Å². The predicted molar refractivity (Wildman–Crippen MR) is 101 cm³/mol. The Morgan fingerprint density at radius 2 is 1.89 bits per heavy atom. The molecule has 1 aliphatic heterocycles. The zero-order valence-electron chi connectivity index (χ0n) is 14.9. The smallest absolute Gasteiger partial charge is 0.341 e. The van der Waals surface area contributed by atoms with Crippen molar-refractivity contribution in [3.05, 3.63) is 83.8 Å². The number of nitrogens with zero attached hydrogens (tertiary/aromatic N) is 1. The van der Waals surface area contributed by atoms with E-state index in [2.05, 4.69) is 5.32 Å². The van der Waals surface area contributed by atoms with Crippen LogP contribution in [0.15, 0.2) is 71.3 Å². The summed E-state index contributed by atoms with van der Waals surface area (Å²) in [5, 5.41) is 12.1. The molecule has 0 spiro atoms. The number of ether oxygens (including phenoxy) is 1. The summed E-state index contributed by atoms with van der Waals surface area (Å²) in [5.74, 6) is -0.000910. The summed E-state index contributed by atoms with van der Waals surface area (Å²) in [6, 6.07) is 18.0. The third kappa shape index (κ3) is 3.55. The molecule has 1 amide bonds. The second kappa shape index (κ2) is 7.48. The van der Waals surface area contributed by atoms with Crippen LogP contribution in [0.5, 0.6) is 5.75 Å². The Bertz CT molecular complexity index is 982. The van der Waals surface area contributed by atoms with Crippen LogP contribution in [0, 0.1) is 0 Å². The minimum absolute atomic E-state index is 0.0954. The lowest BCUT2D eigenvalue weighted by atomic mass is 10.0. The number of anilines is 1. The van der Waals surface area contributed by atoms with E-state index in [9.17, 15) is 9.59 Å². The van der Waals surface area contributed by atoms with E-state index in [4.69, 9.17) is 14.3 Å². The Morgan fingerprint density at radius 3 is 2.61 bits per heavy atom. The van der Waals surface area contributed by atoms with E-state index in [-0.39, 0.29) is 5.91 Å². The van der Waals surface area contributed by atoms with Crippen molar-refractivity contribution >= 4 is 17.6 Å². The minimum atomic E-state index is -1.04. The molecule has 2 aromatic carbocycles. The summed E-state index contributed by atoms with van der Waals surface area (Å²) in [6.07, 6.45) is 1.18. The Morgan fingerprint density at radius 1 is 1.11 bits per heavy atom. The van der Waals surface area contributed by atoms with Crippen molar-refractivity contribution in [1.82, 2.24) is 4.90 Å². The summed E-state index contributed by atoms with van der Waals surface area (Å²) in [5.41, 5.74) is 2.21. The lowest BCUT2D eigenvalue weighted by molar-refractivity contribution is -0.139. The molecule has 1 aromatic heterocycles. The molecule has 0 unspecified atom stereocenters. The highest BCUT2D eigenvalue weighted by Crippen LogP contribution is 2.34. The van der Waals surface area contributed by atoms with Gasteiger partial charge < -0.3 is 24.5 Å². The van der Waals surface area contributed by atoms with Gasteiger partial charge in [0.25, 0.3) is 5.91 Å². The molecule has 7 nitrogen and oxygen atoms in total. The van der Waals surface area contributed by atoms with Gasteiger partial charge in [-0.25, -0.2) is 4.79 Å². The summed E-state index contributed by atoms with van der Waals surface area (Å²) in [4.78, 5) is 25.5. The molecule has 0 saturated heterocycles. The topological polar surface area (TPSA) is 92.0 Å². The van der Waals surface area contributed by atoms with Crippen molar-refractivity contribution in [2.75, 3.05) is 11.9 Å². The van der Waals surface area contributed by atoms with Crippen LogP contribution in [0.2, 0.25) is 0 Å². The van der Waals surface area contributed by atoms with E-state index in [1.165, 1.54) is 0 Å². The number of carboxylic acid groups (broad SMARTS) is 1. The molecule has 28 heavy (non-hydrogen) atoms. The SMILES string of the molecule is O=C(O)COc1ccc([C@H]2Nc3ccccc3C(=O)N2Cc2ccco2)cc1. The number of furan rings is 1. The number of para-hydroxylation sites is 1. The van der Waals surface area contributed by atoms with Gasteiger partial charge in [0.2, 0.25) is 0 Å². The van der Waals surface area contributed by atoms with E-state index >= 15 is 0 Å². The Balaban J connectivity index is 1.64. The molecule has 3 aromatic rings. The normalized spacial score (nSPS) is 15.6. The number of hydrogen-bond acceptors (Lipinski definition) is 5. The second-order valence-corrected chi connectivity index (χ2v) is 6.36. The molecule has 0 radical (unpaired) electrons. The fourth-order valence-electron chi connectivity index (χ4n) is 3.18. The van der Waals surface area contributed by atoms with Crippen LogP contribution >= 0.6 is 0 Å². The number of carbonyl (C=O) groups is 2. The molecule has 2 heterocycles. The Labute approximate surface area is 161 Å². The number of nitrogens with one attached hydrogen (secondary N) is 1. The van der Waals surface area contributed by atoms with Gasteiger partial charge in [0, 0.05) is 5.69 Å². The molecule has 1 aliphatic rings. The van der Waals surface area contributed by atoms with Crippen molar-refractivity contribution in [3.8, 4) is 5.75 Å². The lowest BCUT2D eigenvalue weighted by Crippen LogP contribution is -2.42. The molecule has 2 N–H and O–H groups in total. The number of benzene rings is 2. The summed E-state index contributed by atoms with van der Waals surface area (Å²) in [7, 11) is 0. The maximum Gasteiger partial charge on any atom is 0.341 e. The predicted octanol–water partition coefficient (Wildman–Crippen LogP) is 3.51. The molecule has 4 rings (SSSR count). The summed E-state index contributed by atoms with van der Waals surface area (Å²) >= 11 is 0. The Kier molecular flexibility index (Phi) is 4.72. The molecule has 0 aliphatic carbocycles. The molecule has 7 heteroatoms. The maximum atomic E-state index is 13.1. The number of aliphatic carboxylic acids is 1. The first-order valence-electron chi connectivity index (χ1n) is 8.75. The van der Waals surface area contributed by atoms with Gasteiger partial charge >= 0.3 is 5.97 Å². The van der Waals surface area contributed by atoms with Gasteiger partial charge in [-0.15, -0.1) is 0 Å². The highest BCUT2D eigenvalue weighted by Gasteiger charge is 2.33. The van der Waals surface area contributed by atoms with E-state index in [1.807, 2.05) is 36.4 Å². The molecular formula is C21H18N2O5. The average Bonchev–Trinajstić information content (AvgIpc) is 3.22. The van der Waals surface area contributed by atoms with Gasteiger partial charge in [-0.1, -0.05) is 24.3 Å². The summed E-state index contributed by atoms with van der Waals surface area (Å²) < 4.78 is 10.6. The van der Waals surface area contributed by atoms with Crippen molar-refractivity contribution in [3.63, 3.8) is 0 Å². The molecule has 142 valence electrons. The lowest BCUT2D eigenvalue weighted by Gasteiger charge is -2.37. The first kappa shape index (κ1) is 17.7. The minimum Gasteiger partial charge on any atom is -0.482 e. The molecule has 0 fully saturated rings. The van der Waals surface area contributed by atoms with Gasteiger partial charge in [-0.3, -0.25) is 4.79 Å². The number of fused-ring (bicyclic) bond motifs is 1. The van der Waals surface area contributed by atoms with E-state index in [0.717, 1.165) is 11.3 Å². The number of carbonyl (C=O) groups excluding carboxylic acids is 1. The number of rotatable bonds is 6. The first-order chi connectivity index (χ1) is 13.6. The molecule has 0 saturated carbocycles. The van der Waals surface area contributed by atoms with Crippen molar-refractivity contribution in [2.45, 2.75) is 12.7 Å². The van der Waals surface area contributed by atoms with Crippen LogP contribution in [0.4, 0.5) is 5.69 Å². The second-order valence-electron chi connectivity index (χ2n) is 6.36. The standard InChI is InChI=1S/C21H18N2O5/c24-19(25)13-28-15-9-7-14(8-10-15)20-22-18-6-2-1-5-17(18)21(26)23(20)12-16-4-3-11-27-16/h1-11,20,22H,12-13H2,(H,24,25)/t20-/m0/s1. The van der Waals surface area contributed by atoms with Crippen molar-refractivity contribution in [2.24, 2.45) is 0 Å². The van der Waals surface area contributed by atoms with Crippen LogP contribution in [0.25, 0.3) is 0 Å². The van der Waals surface area contributed by atoms with Gasteiger partial charge in [-0.05, 0) is 42.0 Å². The van der Waals surface area contributed by atoms with Crippen LogP contribution in [0.1, 0.15) is 27.8 Å². The number of carboxylic acids is 1. The Hall–Kier alpha value is -3.74. The number of hydrogen-bond donors (Lipinski definition) is 2. The monoisotopic (exact) mass is 378 g/mol. The average molecular weight is 378 g/mol. The molecular weight excluding hydrogens is 360 g/mol. The van der Waals surface area contributed by atoms with Crippen molar-refractivity contribution < 1.29 is 23.8 Å². The zero-order valence-corrected chi connectivity index (χ0v) is 14.9. The van der Waals surface area contributed by atoms with Crippen molar-refractivity contribution in [1.29, 1.82) is 0 Å². The molecule has 1 atom stereocenters. The largest absolute Gasteiger partial charge is 0.482 e. The van der Waals surface area contributed by atoms with Crippen LogP contribution < -0.4 is 10.1 Å². The van der Waals surface area contributed by atoms with E-state index in [0.29, 0.717) is 23.6 Å². The van der Waals surface area contributed by atoms with Gasteiger partial charge in [0.15, 0.2) is 6.61 Å². The van der Waals surface area contributed by atoms with Gasteiger partial charge in [0.05, 0.1) is 18.4 Å². The van der Waals surface area contributed by atoms with Gasteiger partial charge in [0.1, 0.15) is 17.7 Å². The third-order valence-electron chi connectivity index (χ3n) is 4.49. The van der Waals surface area contributed by atoms with Crippen LogP contribution in [0.3, 0.4) is 0 Å². The summed E-state index contributed by atoms with van der Waals surface area (Å²) in [6.45, 7) is -0.0907.